The molecule has 0 bridgehead atoms. The monoisotopic (exact) mass is 417 g/mol. The molecular weight excluding hydrogens is 394 g/mol. The first-order valence-corrected chi connectivity index (χ1v) is 8.43. The zero-order valence-electron chi connectivity index (χ0n) is 13.4. The van der Waals surface area contributed by atoms with Gasteiger partial charge in [0.15, 0.2) is 0 Å². The molecule has 0 fully saturated rings. The summed E-state index contributed by atoms with van der Waals surface area (Å²) >= 11 is 0. The van der Waals surface area contributed by atoms with E-state index in [2.05, 4.69) is 64.1 Å². The third kappa shape index (κ3) is 10.8. The van der Waals surface area contributed by atoms with Gasteiger partial charge in [0.25, 0.3) is 0 Å². The van der Waals surface area contributed by atoms with Crippen molar-refractivity contribution < 1.29 is 51.0 Å². The van der Waals surface area contributed by atoms with Gasteiger partial charge >= 0.3 is 26.2 Å². The van der Waals surface area contributed by atoms with Crippen LogP contribution in [0.25, 0.3) is 10.8 Å². The third-order valence-electron chi connectivity index (χ3n) is 2.82. The maximum atomic E-state index is 2.30. The molecule has 0 unspecified atom stereocenters. The van der Waals surface area contributed by atoms with Crippen molar-refractivity contribution in [3.8, 4) is 0 Å². The fourth-order valence-corrected chi connectivity index (χ4v) is 2.55. The van der Waals surface area contributed by atoms with Crippen LogP contribution in [-0.4, -0.2) is 9.52 Å². The zero-order chi connectivity index (χ0) is 13.4. The van der Waals surface area contributed by atoms with Crippen LogP contribution in [0, 0.1) is 5.92 Å². The summed E-state index contributed by atoms with van der Waals surface area (Å²) in [6.07, 6.45) is 1.19. The van der Waals surface area contributed by atoms with Crippen molar-refractivity contribution in [2.75, 3.05) is 0 Å². The minimum absolute atomic E-state index is 0. The molecule has 0 atom stereocenters. The van der Waals surface area contributed by atoms with Gasteiger partial charge in [-0.2, -0.15) is 6.07 Å². The molecule has 0 heterocycles. The van der Waals surface area contributed by atoms with Gasteiger partial charge in [-0.1, -0.05) is 45.8 Å². The molecule has 2 aromatic carbocycles. The van der Waals surface area contributed by atoms with Crippen molar-refractivity contribution >= 4 is 20.3 Å². The van der Waals surface area contributed by atoms with Crippen molar-refractivity contribution in [3.63, 3.8) is 0 Å². The van der Waals surface area contributed by atoms with E-state index in [1.165, 1.54) is 44.4 Å². The molecule has 0 N–H and O–H groups in total. The Kier molecular flexibility index (Phi) is 19.4. The van der Waals surface area contributed by atoms with Gasteiger partial charge < -0.3 is 24.8 Å². The van der Waals surface area contributed by atoms with Crippen molar-refractivity contribution in [1.29, 1.82) is 0 Å². The second kappa shape index (κ2) is 15.4. The van der Waals surface area contributed by atoms with E-state index in [-0.39, 0.29) is 51.0 Å². The standard InChI is InChI=1S/C13H15.C4H10Si.2ClH.Zr/c1-10(2)7-11-8-12-5-3-4-6-13(12)9-11;1-3-5-4-2;;;/h3-6,8-10H,7H2,1-2H3;3-4H2,1-2H3;2*1H;/q-1;;;;+3/p-2. The molecule has 21 heavy (non-hydrogen) atoms. The predicted molar refractivity (Wildman–Crippen MR) is 84.8 cm³/mol. The molecule has 2 rings (SSSR count). The van der Waals surface area contributed by atoms with Gasteiger partial charge in [0, 0.05) is 9.52 Å². The number of benzene rings is 1. The topological polar surface area (TPSA) is 0 Å². The zero-order valence-corrected chi connectivity index (χ0v) is 18.4. The Labute approximate surface area is 164 Å². The van der Waals surface area contributed by atoms with E-state index < -0.39 is 0 Å². The van der Waals surface area contributed by atoms with Crippen LogP contribution in [0.1, 0.15) is 33.3 Å². The van der Waals surface area contributed by atoms with E-state index in [0.29, 0.717) is 0 Å². The van der Waals surface area contributed by atoms with E-state index >= 15 is 0 Å². The first-order chi connectivity index (χ1) is 8.67. The largest absolute Gasteiger partial charge is 3.00 e. The van der Waals surface area contributed by atoms with Crippen LogP contribution < -0.4 is 24.8 Å². The van der Waals surface area contributed by atoms with Crippen molar-refractivity contribution in [3.05, 3.63) is 42.0 Å². The van der Waals surface area contributed by atoms with Crippen LogP contribution >= 0.6 is 0 Å². The van der Waals surface area contributed by atoms with Crippen LogP contribution in [0.4, 0.5) is 0 Å². The maximum Gasteiger partial charge on any atom is 3.00 e. The van der Waals surface area contributed by atoms with E-state index in [0.717, 1.165) is 5.92 Å². The summed E-state index contributed by atoms with van der Waals surface area (Å²) < 4.78 is 0. The molecular formula is C17H25Cl2SiZr. The second-order valence-electron chi connectivity index (χ2n) is 5.05. The van der Waals surface area contributed by atoms with E-state index in [9.17, 15) is 0 Å². The molecule has 115 valence electrons. The molecule has 0 aliphatic carbocycles. The average Bonchev–Trinajstić information content (AvgIpc) is 2.71. The minimum Gasteiger partial charge on any atom is -1.00 e. The minimum atomic E-state index is 0. The quantitative estimate of drug-likeness (QED) is 0.456. The van der Waals surface area contributed by atoms with Crippen LogP contribution in [0.15, 0.2) is 36.4 Å². The molecule has 2 aromatic rings. The van der Waals surface area contributed by atoms with Crippen molar-refractivity contribution in [2.45, 2.75) is 46.2 Å². The molecule has 0 aliphatic rings. The Morgan fingerprint density at radius 1 is 1.05 bits per heavy atom. The first kappa shape index (κ1) is 26.4. The van der Waals surface area contributed by atoms with E-state index in [4.69, 9.17) is 0 Å². The molecule has 3 radical (unpaired) electrons. The van der Waals surface area contributed by atoms with Crippen molar-refractivity contribution in [2.24, 2.45) is 5.92 Å². The van der Waals surface area contributed by atoms with Gasteiger partial charge in [-0.3, -0.25) is 0 Å². The molecule has 0 saturated heterocycles. The molecule has 0 aliphatic heterocycles. The Balaban J connectivity index is -0.000000360. The number of halogens is 2. The summed E-state index contributed by atoms with van der Waals surface area (Å²) in [5.74, 6) is 0.747. The van der Waals surface area contributed by atoms with Crippen LogP contribution in [0.5, 0.6) is 0 Å². The van der Waals surface area contributed by atoms with Gasteiger partial charge in [0.2, 0.25) is 0 Å². The molecule has 4 heteroatoms. The van der Waals surface area contributed by atoms with Crippen molar-refractivity contribution in [1.82, 2.24) is 0 Å². The van der Waals surface area contributed by atoms with E-state index in [1.54, 1.807) is 0 Å². The Hall–Kier alpha value is 0.510. The summed E-state index contributed by atoms with van der Waals surface area (Å²) in [6, 6.07) is 15.9. The fraction of sp³-hybridized carbons (Fsp3) is 0.471. The van der Waals surface area contributed by atoms with Gasteiger partial charge in [-0.15, -0.1) is 40.6 Å². The maximum absolute atomic E-state index is 2.30. The van der Waals surface area contributed by atoms with Gasteiger partial charge in [0.1, 0.15) is 0 Å². The Bertz CT molecular complexity index is 420. The summed E-state index contributed by atoms with van der Waals surface area (Å²) in [4.78, 5) is 0. The number of rotatable bonds is 4. The van der Waals surface area contributed by atoms with Crippen LogP contribution in [0.2, 0.25) is 12.1 Å². The molecule has 0 saturated carbocycles. The van der Waals surface area contributed by atoms with Gasteiger partial charge in [0.05, 0.1) is 0 Å². The summed E-state index contributed by atoms with van der Waals surface area (Å²) in [5.41, 5.74) is 1.47. The SMILES string of the molecule is CC(C)Cc1cc2ccccc2[cH-]1.CC[Si]CC.[Cl-].[Cl-].[Zr+3]. The smallest absolute Gasteiger partial charge is 1.00 e. The normalized spacial score (nSPS) is 9.00. The van der Waals surface area contributed by atoms with E-state index in [1.807, 2.05) is 0 Å². The van der Waals surface area contributed by atoms with Crippen LogP contribution in [0.3, 0.4) is 0 Å². The molecule has 0 amide bonds. The number of hydrogen-bond donors (Lipinski definition) is 0. The van der Waals surface area contributed by atoms with Gasteiger partial charge in [-0.05, 0) is 12.3 Å². The summed E-state index contributed by atoms with van der Waals surface area (Å²) in [5, 5.41) is 2.75. The molecule has 0 aromatic heterocycles. The fourth-order valence-electron chi connectivity index (χ4n) is 2.05. The molecule has 0 spiro atoms. The number of fused-ring (bicyclic) bond motifs is 1. The first-order valence-electron chi connectivity index (χ1n) is 7.02. The third-order valence-corrected chi connectivity index (χ3v) is 3.82. The average molecular weight is 420 g/mol. The van der Waals surface area contributed by atoms with Gasteiger partial charge in [-0.25, -0.2) is 0 Å². The molecule has 0 nitrogen and oxygen atoms in total. The second-order valence-corrected chi connectivity index (χ2v) is 6.96. The van der Waals surface area contributed by atoms with Crippen LogP contribution in [-0.2, 0) is 32.6 Å². The number of hydrogen-bond acceptors (Lipinski definition) is 0. The Morgan fingerprint density at radius 2 is 1.62 bits per heavy atom. The Morgan fingerprint density at radius 3 is 2.05 bits per heavy atom. The summed E-state index contributed by atoms with van der Waals surface area (Å²) in [7, 11) is 1.20. The predicted octanol–water partition coefficient (Wildman–Crippen LogP) is -0.670. The summed E-state index contributed by atoms with van der Waals surface area (Å²) in [6.45, 7) is 8.97.